The Morgan fingerprint density at radius 2 is 1.35 bits per heavy atom. The summed E-state index contributed by atoms with van der Waals surface area (Å²) in [7, 11) is 0. The van der Waals surface area contributed by atoms with Crippen molar-refractivity contribution in [2.45, 2.75) is 26.1 Å². The van der Waals surface area contributed by atoms with Crippen molar-refractivity contribution in [3.05, 3.63) is 20.2 Å². The van der Waals surface area contributed by atoms with Gasteiger partial charge in [-0.15, -0.1) is 20.2 Å². The Balaban J connectivity index is 2.44. The van der Waals surface area contributed by atoms with E-state index in [1.54, 1.807) is 0 Å². The third-order valence-electron chi connectivity index (χ3n) is 3.04. The highest BCUT2D eigenvalue weighted by atomic mass is 17.0. The Hall–Kier alpha value is -1.64. The van der Waals surface area contributed by atoms with Gasteiger partial charge in [0.25, 0.3) is 10.2 Å². The zero-order valence-electron chi connectivity index (χ0n) is 9.48. The van der Waals surface area contributed by atoms with Crippen molar-refractivity contribution in [3.8, 4) is 0 Å². The van der Waals surface area contributed by atoms with Crippen molar-refractivity contribution >= 4 is 0 Å². The predicted molar refractivity (Wildman–Crippen MR) is 52.9 cm³/mol. The van der Waals surface area contributed by atoms with Crippen LogP contribution in [0.15, 0.2) is 0 Å². The summed E-state index contributed by atoms with van der Waals surface area (Å²) >= 11 is 0. The van der Waals surface area contributed by atoms with Crippen LogP contribution in [0.3, 0.4) is 0 Å². The first-order valence-corrected chi connectivity index (χ1v) is 5.12. The lowest BCUT2D eigenvalue weighted by molar-refractivity contribution is -0.761. The normalized spacial score (nSPS) is 32.1. The minimum Gasteiger partial charge on any atom is -0.370 e. The highest BCUT2D eigenvalue weighted by molar-refractivity contribution is 4.85. The fraction of sp³-hybridized carbons (Fsp3) is 1.00. The van der Waals surface area contributed by atoms with E-state index in [0.717, 1.165) is 0 Å². The summed E-state index contributed by atoms with van der Waals surface area (Å²) in [4.78, 5) is 28.6. The van der Waals surface area contributed by atoms with Crippen molar-refractivity contribution in [2.24, 2.45) is 11.8 Å². The Morgan fingerprint density at radius 1 is 1.00 bits per heavy atom. The summed E-state index contributed by atoms with van der Waals surface area (Å²) < 4.78 is 5.43. The summed E-state index contributed by atoms with van der Waals surface area (Å²) in [6.45, 7) is 3.36. The van der Waals surface area contributed by atoms with Crippen molar-refractivity contribution < 1.29 is 24.6 Å². The molecule has 17 heavy (non-hydrogen) atoms. The van der Waals surface area contributed by atoms with Gasteiger partial charge in [0.15, 0.2) is 0 Å². The topological polar surface area (TPSA) is 114 Å². The monoisotopic (exact) mass is 250 g/mol. The molecule has 1 fully saturated rings. The first kappa shape index (κ1) is 13.4. The van der Waals surface area contributed by atoms with E-state index in [4.69, 9.17) is 4.74 Å². The van der Waals surface area contributed by atoms with Gasteiger partial charge in [0.05, 0.1) is 12.2 Å². The summed E-state index contributed by atoms with van der Waals surface area (Å²) in [5.41, 5.74) is 0. The maximum atomic E-state index is 10.1. The average molecular weight is 250 g/mol. The molecule has 0 aliphatic carbocycles. The molecule has 1 saturated heterocycles. The summed E-state index contributed by atoms with van der Waals surface area (Å²) in [5.74, 6) is 0.0191. The molecule has 0 bridgehead atoms. The van der Waals surface area contributed by atoms with Crippen LogP contribution in [-0.4, -0.2) is 35.6 Å². The molecule has 9 nitrogen and oxygen atoms in total. The molecule has 0 radical (unpaired) electrons. The maximum Gasteiger partial charge on any atom is 0.294 e. The molecule has 0 spiro atoms. The van der Waals surface area contributed by atoms with E-state index < -0.39 is 22.4 Å². The van der Waals surface area contributed by atoms with Crippen LogP contribution in [0.4, 0.5) is 0 Å². The molecule has 0 N–H and O–H groups in total. The van der Waals surface area contributed by atoms with Gasteiger partial charge in [0, 0.05) is 0 Å². The van der Waals surface area contributed by atoms with Crippen molar-refractivity contribution in [3.63, 3.8) is 0 Å². The van der Waals surface area contributed by atoms with Gasteiger partial charge in [0.2, 0.25) is 0 Å². The molecule has 0 aromatic carbocycles. The molecule has 1 heterocycles. The van der Waals surface area contributed by atoms with E-state index >= 15 is 0 Å². The fourth-order valence-corrected chi connectivity index (χ4v) is 1.80. The molecule has 0 amide bonds. The second-order valence-corrected chi connectivity index (χ2v) is 3.97. The quantitative estimate of drug-likeness (QED) is 0.496. The minimum atomic E-state index is -0.887. The lowest BCUT2D eigenvalue weighted by Crippen LogP contribution is -2.24. The van der Waals surface area contributed by atoms with Crippen LogP contribution in [-0.2, 0) is 14.4 Å². The molecule has 1 aliphatic rings. The first-order valence-electron chi connectivity index (χ1n) is 5.12. The third kappa shape index (κ3) is 3.70. The van der Waals surface area contributed by atoms with E-state index in [1.165, 1.54) is 0 Å². The Bertz CT molecular complexity index is 270. The van der Waals surface area contributed by atoms with E-state index in [0.29, 0.717) is 0 Å². The number of hydrogen-bond acceptors (Lipinski definition) is 7. The first-order chi connectivity index (χ1) is 7.91. The van der Waals surface area contributed by atoms with Gasteiger partial charge in [-0.1, -0.05) is 13.8 Å². The van der Waals surface area contributed by atoms with Crippen molar-refractivity contribution in [2.75, 3.05) is 13.2 Å². The van der Waals surface area contributed by atoms with Gasteiger partial charge in [-0.3, -0.25) is 0 Å². The van der Waals surface area contributed by atoms with Crippen molar-refractivity contribution in [1.29, 1.82) is 0 Å². The van der Waals surface area contributed by atoms with Gasteiger partial charge in [-0.05, 0) is 11.8 Å². The van der Waals surface area contributed by atoms with E-state index in [-0.39, 0.29) is 25.0 Å². The van der Waals surface area contributed by atoms with Crippen LogP contribution in [0, 0.1) is 32.1 Å². The second-order valence-electron chi connectivity index (χ2n) is 3.97. The average Bonchev–Trinajstić information content (AvgIpc) is 2.51. The Morgan fingerprint density at radius 3 is 1.65 bits per heavy atom. The Labute approximate surface area is 96.8 Å². The third-order valence-corrected chi connectivity index (χ3v) is 3.04. The lowest BCUT2D eigenvalue weighted by atomic mass is 9.91. The molecule has 1 rings (SSSR count). The fourth-order valence-electron chi connectivity index (χ4n) is 1.80. The van der Waals surface area contributed by atoms with Crippen LogP contribution in [0.5, 0.6) is 0 Å². The van der Waals surface area contributed by atoms with Gasteiger partial charge in [-0.2, -0.15) is 0 Å². The van der Waals surface area contributed by atoms with Crippen LogP contribution < -0.4 is 0 Å². The number of rotatable bonds is 6. The lowest BCUT2D eigenvalue weighted by Gasteiger charge is -2.14. The molecule has 4 unspecified atom stereocenters. The smallest absolute Gasteiger partial charge is 0.294 e. The summed E-state index contributed by atoms with van der Waals surface area (Å²) in [5, 5.41) is 18.3. The van der Waals surface area contributed by atoms with Crippen LogP contribution >= 0.6 is 0 Å². The number of hydrogen-bond donors (Lipinski definition) is 0. The van der Waals surface area contributed by atoms with Crippen LogP contribution in [0.1, 0.15) is 13.8 Å². The summed E-state index contributed by atoms with van der Waals surface area (Å²) in [6, 6.07) is 0. The minimum absolute atomic E-state index is 0.00954. The maximum absolute atomic E-state index is 10.1. The number of nitrogens with zero attached hydrogens (tertiary/aromatic N) is 2. The molecule has 0 saturated carbocycles. The van der Waals surface area contributed by atoms with Crippen LogP contribution in [0.25, 0.3) is 0 Å². The largest absolute Gasteiger partial charge is 0.370 e. The highest BCUT2D eigenvalue weighted by Gasteiger charge is 2.39. The number of ether oxygens (including phenoxy) is 1. The molecule has 9 heteroatoms. The standard InChI is InChI=1S/C8H14N2O7/c1-5-6(2)8(4-16-10(13)14)17-7(5)3-15-9(11)12/h5-8H,3-4H2,1-2H3. The van der Waals surface area contributed by atoms with Gasteiger partial charge >= 0.3 is 0 Å². The molecule has 0 aromatic heterocycles. The predicted octanol–water partition coefficient (Wildman–Crippen LogP) is 0.443. The zero-order chi connectivity index (χ0) is 13.0. The van der Waals surface area contributed by atoms with E-state index in [1.807, 2.05) is 13.8 Å². The Kier molecular flexibility index (Phi) is 4.44. The van der Waals surface area contributed by atoms with Gasteiger partial charge in [-0.25, -0.2) is 0 Å². The zero-order valence-corrected chi connectivity index (χ0v) is 9.48. The second kappa shape index (κ2) is 5.62. The molecule has 98 valence electrons. The molecular formula is C8H14N2O7. The SMILES string of the molecule is CC1C(CO[N+](=O)[O-])OC(CO[N+](=O)[O-])C1C. The highest BCUT2D eigenvalue weighted by Crippen LogP contribution is 2.32. The van der Waals surface area contributed by atoms with Gasteiger partial charge < -0.3 is 14.4 Å². The van der Waals surface area contributed by atoms with E-state index in [2.05, 4.69) is 9.68 Å². The van der Waals surface area contributed by atoms with Gasteiger partial charge in [0.1, 0.15) is 13.2 Å². The molecular weight excluding hydrogens is 236 g/mol. The van der Waals surface area contributed by atoms with Crippen LogP contribution in [0.2, 0.25) is 0 Å². The van der Waals surface area contributed by atoms with E-state index in [9.17, 15) is 20.2 Å². The molecule has 4 atom stereocenters. The molecule has 1 aliphatic heterocycles. The summed E-state index contributed by atoms with van der Waals surface area (Å²) in [6.07, 6.45) is -0.897. The molecule has 0 aromatic rings. The van der Waals surface area contributed by atoms with Crippen molar-refractivity contribution in [1.82, 2.24) is 0 Å².